The molecule has 0 radical (unpaired) electrons. The average Bonchev–Trinajstić information content (AvgIpc) is 2.21. The minimum atomic E-state index is -0.569. The molecular weight excluding hydrogens is 136 g/mol. The van der Waals surface area contributed by atoms with Crippen LogP contribution >= 0.6 is 0 Å². The third kappa shape index (κ3) is 0.683. The highest BCUT2D eigenvalue weighted by Crippen LogP contribution is 2.31. The zero-order valence-corrected chi connectivity index (χ0v) is 5.20. The van der Waals surface area contributed by atoms with Crippen molar-refractivity contribution in [2.75, 3.05) is 0 Å². The van der Waals surface area contributed by atoms with Gasteiger partial charge in [0.25, 0.3) is 6.29 Å². The Morgan fingerprint density at radius 3 is 2.00 bits per heavy atom. The van der Waals surface area contributed by atoms with E-state index in [4.69, 9.17) is 0 Å². The predicted molar refractivity (Wildman–Crippen MR) is 28.7 cm³/mol. The molecule has 2 aliphatic heterocycles. The summed E-state index contributed by atoms with van der Waals surface area (Å²) in [7, 11) is 0. The van der Waals surface area contributed by atoms with Gasteiger partial charge in [0.15, 0.2) is 0 Å². The monoisotopic (exact) mass is 142 g/mol. The lowest BCUT2D eigenvalue weighted by Crippen LogP contribution is -2.11. The smallest absolute Gasteiger partial charge is 0.309 e. The van der Waals surface area contributed by atoms with Gasteiger partial charge in [-0.3, -0.25) is 9.59 Å². The standard InChI is InChI=1S/C6H6O4/c7-4-1-3-2-5(8)10-6(3)9-4/h3,6H,1-2H2. The first-order chi connectivity index (χ1) is 4.75. The summed E-state index contributed by atoms with van der Waals surface area (Å²) < 4.78 is 9.35. The third-order valence-corrected chi connectivity index (χ3v) is 1.74. The minimum Gasteiger partial charge on any atom is -0.425 e. The molecule has 0 saturated carbocycles. The van der Waals surface area contributed by atoms with E-state index in [1.54, 1.807) is 0 Å². The molecule has 0 amide bonds. The Kier molecular flexibility index (Phi) is 0.977. The minimum absolute atomic E-state index is 0.0139. The molecule has 2 heterocycles. The summed E-state index contributed by atoms with van der Waals surface area (Å²) >= 11 is 0. The highest BCUT2D eigenvalue weighted by molar-refractivity contribution is 5.78. The van der Waals surface area contributed by atoms with Crippen molar-refractivity contribution in [2.24, 2.45) is 5.92 Å². The highest BCUT2D eigenvalue weighted by Gasteiger charge is 2.44. The number of rotatable bonds is 0. The van der Waals surface area contributed by atoms with Crippen LogP contribution in [0.15, 0.2) is 0 Å². The molecule has 0 bridgehead atoms. The molecule has 0 N–H and O–H groups in total. The Balaban J connectivity index is 2.12. The number of carbonyl (C=O) groups is 2. The Hall–Kier alpha value is -1.06. The Bertz CT molecular complexity index is 160. The summed E-state index contributed by atoms with van der Waals surface area (Å²) in [4.78, 5) is 21.1. The summed E-state index contributed by atoms with van der Waals surface area (Å²) in [6, 6.07) is 0. The van der Waals surface area contributed by atoms with Crippen molar-refractivity contribution >= 4 is 11.9 Å². The van der Waals surface area contributed by atoms with Gasteiger partial charge in [-0.1, -0.05) is 0 Å². The van der Waals surface area contributed by atoms with E-state index >= 15 is 0 Å². The molecule has 2 saturated heterocycles. The van der Waals surface area contributed by atoms with Crippen LogP contribution in [0.2, 0.25) is 0 Å². The fourth-order valence-electron chi connectivity index (χ4n) is 1.26. The molecule has 0 aromatic carbocycles. The van der Waals surface area contributed by atoms with Crippen LogP contribution < -0.4 is 0 Å². The topological polar surface area (TPSA) is 52.6 Å². The van der Waals surface area contributed by atoms with Crippen molar-refractivity contribution in [1.82, 2.24) is 0 Å². The van der Waals surface area contributed by atoms with Gasteiger partial charge in [0.1, 0.15) is 0 Å². The van der Waals surface area contributed by atoms with Gasteiger partial charge in [-0.15, -0.1) is 0 Å². The van der Waals surface area contributed by atoms with E-state index in [9.17, 15) is 9.59 Å². The van der Waals surface area contributed by atoms with Gasteiger partial charge in [0.2, 0.25) is 0 Å². The van der Waals surface area contributed by atoms with E-state index in [1.807, 2.05) is 0 Å². The van der Waals surface area contributed by atoms with Crippen LogP contribution in [0.25, 0.3) is 0 Å². The first kappa shape index (κ1) is 5.70. The van der Waals surface area contributed by atoms with Crippen LogP contribution in [-0.4, -0.2) is 18.2 Å². The maximum atomic E-state index is 10.5. The molecule has 0 aromatic rings. The molecular formula is C6H6O4. The largest absolute Gasteiger partial charge is 0.425 e. The number of fused-ring (bicyclic) bond motifs is 1. The second-order valence-electron chi connectivity index (χ2n) is 2.52. The normalized spacial score (nSPS) is 37.2. The first-order valence-electron chi connectivity index (χ1n) is 3.14. The van der Waals surface area contributed by atoms with Gasteiger partial charge in [0.05, 0.1) is 18.8 Å². The van der Waals surface area contributed by atoms with Gasteiger partial charge >= 0.3 is 11.9 Å². The van der Waals surface area contributed by atoms with Gasteiger partial charge < -0.3 is 9.47 Å². The van der Waals surface area contributed by atoms with Crippen LogP contribution in [0.5, 0.6) is 0 Å². The van der Waals surface area contributed by atoms with Crippen molar-refractivity contribution in [1.29, 1.82) is 0 Å². The lowest BCUT2D eigenvalue weighted by molar-refractivity contribution is -0.169. The molecule has 10 heavy (non-hydrogen) atoms. The molecule has 0 aromatic heterocycles. The second-order valence-corrected chi connectivity index (χ2v) is 2.52. The van der Waals surface area contributed by atoms with Crippen LogP contribution in [0.3, 0.4) is 0 Å². The van der Waals surface area contributed by atoms with E-state index in [2.05, 4.69) is 9.47 Å². The Labute approximate surface area is 57.1 Å². The summed E-state index contributed by atoms with van der Waals surface area (Å²) in [6.45, 7) is 0. The molecule has 4 nitrogen and oxygen atoms in total. The van der Waals surface area contributed by atoms with Gasteiger partial charge in [-0.05, 0) is 0 Å². The van der Waals surface area contributed by atoms with Gasteiger partial charge in [-0.2, -0.15) is 0 Å². The molecule has 0 aliphatic carbocycles. The van der Waals surface area contributed by atoms with E-state index in [-0.39, 0.29) is 17.9 Å². The molecule has 2 aliphatic rings. The quantitative estimate of drug-likeness (QED) is 0.440. The lowest BCUT2D eigenvalue weighted by atomic mass is 10.1. The van der Waals surface area contributed by atoms with Gasteiger partial charge in [0, 0.05) is 0 Å². The number of hydrogen-bond donors (Lipinski definition) is 0. The Morgan fingerprint density at radius 1 is 1.10 bits per heavy atom. The molecule has 4 heteroatoms. The van der Waals surface area contributed by atoms with E-state index < -0.39 is 6.29 Å². The molecule has 0 spiro atoms. The number of hydrogen-bond acceptors (Lipinski definition) is 4. The summed E-state index contributed by atoms with van der Waals surface area (Å²) in [5, 5.41) is 0. The highest BCUT2D eigenvalue weighted by atomic mass is 16.7. The average molecular weight is 142 g/mol. The summed E-state index contributed by atoms with van der Waals surface area (Å²) in [6.07, 6.45) is 0.0901. The zero-order chi connectivity index (χ0) is 7.14. The van der Waals surface area contributed by atoms with Crippen LogP contribution in [0, 0.1) is 5.92 Å². The molecule has 0 unspecified atom stereocenters. The van der Waals surface area contributed by atoms with Gasteiger partial charge in [-0.25, -0.2) is 0 Å². The van der Waals surface area contributed by atoms with E-state index in [0.29, 0.717) is 12.8 Å². The van der Waals surface area contributed by atoms with Crippen LogP contribution in [-0.2, 0) is 19.1 Å². The summed E-state index contributed by atoms with van der Waals surface area (Å²) in [5.74, 6) is -0.537. The molecule has 54 valence electrons. The summed E-state index contributed by atoms with van der Waals surface area (Å²) in [5.41, 5.74) is 0. The van der Waals surface area contributed by atoms with Crippen molar-refractivity contribution < 1.29 is 19.1 Å². The second kappa shape index (κ2) is 1.71. The van der Waals surface area contributed by atoms with Crippen LogP contribution in [0.4, 0.5) is 0 Å². The zero-order valence-electron chi connectivity index (χ0n) is 5.20. The molecule has 0 atom stereocenters. The Morgan fingerprint density at radius 2 is 1.60 bits per heavy atom. The maximum Gasteiger partial charge on any atom is 0.309 e. The van der Waals surface area contributed by atoms with E-state index in [1.165, 1.54) is 0 Å². The predicted octanol–water partition coefficient (Wildman–Crippen LogP) is -0.177. The first-order valence-corrected chi connectivity index (χ1v) is 3.14. The van der Waals surface area contributed by atoms with Crippen molar-refractivity contribution in [3.8, 4) is 0 Å². The maximum absolute atomic E-state index is 10.5. The fraction of sp³-hybridized carbons (Fsp3) is 0.667. The fourth-order valence-corrected chi connectivity index (χ4v) is 1.26. The molecule has 2 fully saturated rings. The lowest BCUT2D eigenvalue weighted by Gasteiger charge is -2.03. The van der Waals surface area contributed by atoms with Crippen LogP contribution in [0.1, 0.15) is 12.8 Å². The van der Waals surface area contributed by atoms with Crippen molar-refractivity contribution in [2.45, 2.75) is 19.1 Å². The molecule has 2 rings (SSSR count). The van der Waals surface area contributed by atoms with Crippen molar-refractivity contribution in [3.05, 3.63) is 0 Å². The number of ether oxygens (including phenoxy) is 2. The van der Waals surface area contributed by atoms with E-state index in [0.717, 1.165) is 0 Å². The third-order valence-electron chi connectivity index (χ3n) is 1.74. The number of carbonyl (C=O) groups excluding carboxylic acids is 2. The SMILES string of the molecule is O=C1CC2CC(=O)OC2O1. The van der Waals surface area contributed by atoms with Crippen molar-refractivity contribution in [3.63, 3.8) is 0 Å². The number of esters is 2.